The Balaban J connectivity index is 3.95. The Hall–Kier alpha value is -0.770. The largest absolute Gasteiger partial charge is 0.302 e. The van der Waals surface area contributed by atoms with E-state index in [0.717, 1.165) is 0 Å². The first-order valence-corrected chi connectivity index (χ1v) is 0.893. The summed E-state index contributed by atoms with van der Waals surface area (Å²) in [6, 6.07) is 0. The lowest BCUT2D eigenvalue weighted by molar-refractivity contribution is 1.81. The summed E-state index contributed by atoms with van der Waals surface area (Å²) in [7, 11) is 0. The van der Waals surface area contributed by atoms with Crippen molar-refractivity contribution < 1.29 is 0 Å². The highest BCUT2D eigenvalue weighted by atomic mass is 14.4. The minimum Gasteiger partial charge on any atom is -0.0479 e. The topological polar surface area (TPSA) is 14.1 Å². The highest BCUT2D eigenvalue weighted by molar-refractivity contribution is 5.48. The van der Waals surface area contributed by atoms with Crippen LogP contribution in [0.3, 0.4) is 0 Å². The van der Waals surface area contributed by atoms with Crippen molar-refractivity contribution in [2.45, 2.75) is 0 Å². The molecule has 1 heteroatoms. The van der Waals surface area contributed by atoms with E-state index in [1.165, 1.54) is 0 Å². The predicted octanol–water partition coefficient (Wildman–Crippen LogP) is -0.390. The average Bonchev–Trinajstić information content (AvgIpc) is 1.37. The van der Waals surface area contributed by atoms with Gasteiger partial charge in [0.05, 0.1) is 0 Å². The van der Waals surface area contributed by atoms with Crippen molar-refractivity contribution in [3.8, 4) is 0 Å². The zero-order valence-electron chi connectivity index (χ0n) is 2.36. The number of nitrogens with zero attached hydrogens (tertiary/aromatic N) is 1. The van der Waals surface area contributed by atoms with Gasteiger partial charge >= 0.3 is 5.87 Å². The third-order valence-electron chi connectivity index (χ3n) is 0.112. The van der Waals surface area contributed by atoms with Gasteiger partial charge in [-0.3, -0.25) is 0 Å². The van der Waals surface area contributed by atoms with Gasteiger partial charge in [-0.1, -0.05) is 0 Å². The monoisotopic (exact) mass is 54.0 g/mol. The molecule has 0 spiro atoms. The molecule has 0 N–H and O–H groups in total. The van der Waals surface area contributed by atoms with Crippen molar-refractivity contribution in [2.24, 2.45) is 0 Å². The average molecular weight is 54.1 g/mol. The molecular weight excluding hydrogens is 50.0 g/mol. The first kappa shape index (κ1) is 3.23. The number of hydrogen-bond acceptors (Lipinski definition) is 0. The van der Waals surface area contributed by atoms with Gasteiger partial charge in [0.15, 0.2) is 0 Å². The quantitative estimate of drug-likeness (QED) is 0.264. The van der Waals surface area contributed by atoms with Crippen molar-refractivity contribution in [3.05, 3.63) is 6.58 Å². The second kappa shape index (κ2) is 2.23. The molecule has 0 aliphatic rings. The zero-order valence-corrected chi connectivity index (χ0v) is 2.36. The minimum absolute atomic E-state index is 2.19. The van der Waals surface area contributed by atoms with Crippen LogP contribution in [-0.2, 0) is 0 Å². The van der Waals surface area contributed by atoms with Crippen molar-refractivity contribution >= 4 is 12.6 Å². The summed E-state index contributed by atoms with van der Waals surface area (Å²) in [6.45, 7) is 6.18. The highest BCUT2D eigenvalue weighted by Crippen LogP contribution is 0.907. The maximum Gasteiger partial charge on any atom is 0.302 e. The Labute approximate surface area is 25.0 Å². The zero-order chi connectivity index (χ0) is 3.41. The van der Waals surface area contributed by atoms with E-state index in [1.54, 1.807) is 0 Å². The molecule has 1 nitrogen and oxygen atoms in total. The molecule has 0 rings (SSSR count). The summed E-state index contributed by atoms with van der Waals surface area (Å²) in [5.74, 6) is 2.19. The van der Waals surface area contributed by atoms with Gasteiger partial charge in [-0.15, -0.1) is 0 Å². The van der Waals surface area contributed by atoms with Gasteiger partial charge in [-0.25, -0.2) is 0 Å². The van der Waals surface area contributed by atoms with E-state index < -0.39 is 0 Å². The second-order valence-corrected chi connectivity index (χ2v) is 0.316. The fourth-order valence-corrected chi connectivity index (χ4v) is 0. The maximum atomic E-state index is 3.12. The van der Waals surface area contributed by atoms with Gasteiger partial charge in [0.2, 0.25) is 0 Å². The molecule has 0 fully saturated rings. The van der Waals surface area contributed by atoms with E-state index >= 15 is 0 Å². The molecule has 20 valence electrons. The van der Waals surface area contributed by atoms with Gasteiger partial charge < -0.3 is 0 Å². The highest BCUT2D eigenvalue weighted by Gasteiger charge is 1.29. The summed E-state index contributed by atoms with van der Waals surface area (Å²) in [5, 5.41) is 0. The van der Waals surface area contributed by atoms with Gasteiger partial charge in [0.1, 0.15) is 0 Å². The molecule has 0 aliphatic heterocycles. The van der Waals surface area contributed by atoms with Crippen LogP contribution in [0.2, 0.25) is 0 Å². The van der Waals surface area contributed by atoms with E-state index in [-0.39, 0.29) is 0 Å². The molecule has 0 saturated carbocycles. The lowest BCUT2D eigenvalue weighted by atomic mass is 11.2. The van der Waals surface area contributed by atoms with Gasteiger partial charge in [-0.05, 0) is 4.67 Å². The first-order chi connectivity index (χ1) is 1.91. The standard InChI is InChI=1S/C3H4N/c1-3-4-2/h1-2H2/q+1. The van der Waals surface area contributed by atoms with Crippen LogP contribution in [0, 0.1) is 0 Å². The van der Waals surface area contributed by atoms with Crippen LogP contribution >= 0.6 is 0 Å². The van der Waals surface area contributed by atoms with Crippen molar-refractivity contribution in [1.29, 1.82) is 0 Å². The molecule has 0 aliphatic carbocycles. The predicted molar refractivity (Wildman–Crippen MR) is 19.9 cm³/mol. The van der Waals surface area contributed by atoms with Gasteiger partial charge in [0, 0.05) is 6.58 Å². The van der Waals surface area contributed by atoms with Gasteiger partial charge in [-0.2, -0.15) is 0 Å². The van der Waals surface area contributed by atoms with Crippen LogP contribution < -0.4 is 4.67 Å². The molecule has 0 aromatic rings. The Morgan fingerprint density at radius 2 is 2.00 bits per heavy atom. The van der Waals surface area contributed by atoms with Crippen LogP contribution in [0.15, 0.2) is 6.58 Å². The first-order valence-electron chi connectivity index (χ1n) is 0.893. The van der Waals surface area contributed by atoms with E-state index in [9.17, 15) is 0 Å². The molecule has 0 bridgehead atoms. The molecule has 0 unspecified atom stereocenters. The summed E-state index contributed by atoms with van der Waals surface area (Å²) < 4.78 is 3.12. The number of rotatable bonds is 0. The molecule has 0 aromatic carbocycles. The molecule has 0 atom stereocenters. The SMILES string of the molecule is C=C=[N+]=C. The fourth-order valence-electron chi connectivity index (χ4n) is 0. The summed E-state index contributed by atoms with van der Waals surface area (Å²) in [4.78, 5) is 0. The molecule has 0 aromatic heterocycles. The normalized spacial score (nSPS) is 3.00. The van der Waals surface area contributed by atoms with Crippen LogP contribution in [-0.4, -0.2) is 12.6 Å². The molecule has 0 saturated heterocycles. The molecule has 4 heavy (non-hydrogen) atoms. The molecule has 0 radical (unpaired) electrons. The lowest BCUT2D eigenvalue weighted by Crippen LogP contribution is -1.47. The number of hydrogen-bond donors (Lipinski definition) is 0. The fraction of sp³-hybridized carbons (Fsp3) is 0. The van der Waals surface area contributed by atoms with E-state index in [0.29, 0.717) is 0 Å². The summed E-state index contributed by atoms with van der Waals surface area (Å²) in [6.07, 6.45) is 0. The maximum absolute atomic E-state index is 3.12. The smallest absolute Gasteiger partial charge is 0.0479 e. The van der Waals surface area contributed by atoms with E-state index in [4.69, 9.17) is 0 Å². The Kier molecular flexibility index (Phi) is 1.80. The van der Waals surface area contributed by atoms with Crippen LogP contribution in [0.1, 0.15) is 0 Å². The minimum atomic E-state index is 2.19. The lowest BCUT2D eigenvalue weighted by Gasteiger charge is -1.02. The second-order valence-electron chi connectivity index (χ2n) is 0.316. The third kappa shape index (κ3) is 1.23. The van der Waals surface area contributed by atoms with Crippen LogP contribution in [0.4, 0.5) is 0 Å². The molecule has 0 amide bonds. The Morgan fingerprint density at radius 1 is 1.75 bits per heavy atom. The Morgan fingerprint density at radius 3 is 2.00 bits per heavy atom. The van der Waals surface area contributed by atoms with Crippen LogP contribution in [0.25, 0.3) is 0 Å². The van der Waals surface area contributed by atoms with E-state index in [2.05, 4.69) is 23.8 Å². The molecule has 0 heterocycles. The van der Waals surface area contributed by atoms with Crippen molar-refractivity contribution in [1.82, 2.24) is 4.67 Å². The van der Waals surface area contributed by atoms with Crippen molar-refractivity contribution in [3.63, 3.8) is 0 Å². The summed E-state index contributed by atoms with van der Waals surface area (Å²) in [5.41, 5.74) is 0. The van der Waals surface area contributed by atoms with Crippen molar-refractivity contribution in [2.75, 3.05) is 0 Å². The van der Waals surface area contributed by atoms with Crippen LogP contribution in [0.5, 0.6) is 0 Å². The third-order valence-corrected chi connectivity index (χ3v) is 0.112. The van der Waals surface area contributed by atoms with Gasteiger partial charge in [0.25, 0.3) is 6.72 Å². The van der Waals surface area contributed by atoms with E-state index in [1.807, 2.05) is 0 Å². The molecular formula is C3H4N+. The summed E-state index contributed by atoms with van der Waals surface area (Å²) >= 11 is 0. The Bertz CT molecular complexity index is 53.4.